The van der Waals surface area contributed by atoms with Crippen LogP contribution in [0.15, 0.2) is 36.9 Å². The molecule has 1 saturated carbocycles. The van der Waals surface area contributed by atoms with Crippen molar-refractivity contribution in [1.82, 2.24) is 4.90 Å². The highest BCUT2D eigenvalue weighted by molar-refractivity contribution is 6.21. The number of amides is 2. The van der Waals surface area contributed by atoms with Crippen LogP contribution in [-0.4, -0.2) is 35.0 Å². The van der Waals surface area contributed by atoms with E-state index in [1.807, 2.05) is 0 Å². The molecule has 20 heavy (non-hydrogen) atoms. The maximum atomic E-state index is 12.3. The molecule has 1 heterocycles. The van der Waals surface area contributed by atoms with Gasteiger partial charge >= 0.3 is 0 Å². The van der Waals surface area contributed by atoms with Crippen LogP contribution in [0.1, 0.15) is 33.6 Å². The predicted molar refractivity (Wildman–Crippen MR) is 74.2 cm³/mol. The summed E-state index contributed by atoms with van der Waals surface area (Å²) >= 11 is 0. The fourth-order valence-electron chi connectivity index (χ4n) is 2.94. The first-order chi connectivity index (χ1) is 9.63. The van der Waals surface area contributed by atoms with Crippen LogP contribution in [0.4, 0.5) is 0 Å². The monoisotopic (exact) mass is 271 g/mol. The minimum Gasteiger partial charge on any atom is -0.395 e. The molecule has 1 aromatic carbocycles. The number of carbonyl (C=O) groups is 2. The summed E-state index contributed by atoms with van der Waals surface area (Å²) in [7, 11) is 0. The van der Waals surface area contributed by atoms with E-state index in [0.717, 1.165) is 12.8 Å². The number of imide groups is 1. The maximum absolute atomic E-state index is 12.3. The fourth-order valence-corrected chi connectivity index (χ4v) is 2.94. The van der Waals surface area contributed by atoms with Crippen molar-refractivity contribution in [2.75, 3.05) is 13.2 Å². The predicted octanol–water partition coefficient (Wildman–Crippen LogP) is 1.86. The number of hydrogen-bond acceptors (Lipinski definition) is 3. The van der Waals surface area contributed by atoms with E-state index in [2.05, 4.69) is 6.58 Å². The molecule has 1 aromatic rings. The Morgan fingerprint density at radius 2 is 1.80 bits per heavy atom. The summed E-state index contributed by atoms with van der Waals surface area (Å²) in [6, 6.07) is 6.84. The average molecular weight is 271 g/mol. The Kier molecular flexibility index (Phi) is 2.98. The van der Waals surface area contributed by atoms with E-state index in [1.165, 1.54) is 4.90 Å². The number of nitrogens with zero attached hydrogens (tertiary/aromatic N) is 1. The molecular formula is C16H17NO3. The van der Waals surface area contributed by atoms with Crippen molar-refractivity contribution in [3.63, 3.8) is 0 Å². The lowest BCUT2D eigenvalue weighted by molar-refractivity contribution is 0.0514. The molecule has 1 atom stereocenters. The third-order valence-corrected chi connectivity index (χ3v) is 4.42. The topological polar surface area (TPSA) is 57.6 Å². The van der Waals surface area contributed by atoms with E-state index < -0.39 is 5.41 Å². The highest BCUT2D eigenvalue weighted by Crippen LogP contribution is 2.47. The van der Waals surface area contributed by atoms with Crippen molar-refractivity contribution in [3.8, 4) is 0 Å². The van der Waals surface area contributed by atoms with Gasteiger partial charge in [-0.3, -0.25) is 14.5 Å². The van der Waals surface area contributed by atoms with Crippen molar-refractivity contribution in [2.24, 2.45) is 11.3 Å². The second-order valence-corrected chi connectivity index (χ2v) is 5.61. The molecule has 1 aliphatic heterocycles. The Labute approximate surface area is 117 Å². The number of benzene rings is 1. The summed E-state index contributed by atoms with van der Waals surface area (Å²) in [6.45, 7) is 3.92. The highest BCUT2D eigenvalue weighted by Gasteiger charge is 2.47. The summed E-state index contributed by atoms with van der Waals surface area (Å²) in [6.07, 6.45) is 3.72. The summed E-state index contributed by atoms with van der Waals surface area (Å²) in [5.41, 5.74) is 0.335. The van der Waals surface area contributed by atoms with E-state index in [4.69, 9.17) is 0 Å². The van der Waals surface area contributed by atoms with Gasteiger partial charge in [0.25, 0.3) is 11.8 Å². The van der Waals surface area contributed by atoms with Crippen molar-refractivity contribution in [1.29, 1.82) is 0 Å². The molecular weight excluding hydrogens is 254 g/mol. The minimum atomic E-state index is -0.562. The van der Waals surface area contributed by atoms with Gasteiger partial charge in [0.1, 0.15) is 0 Å². The Balaban J connectivity index is 1.91. The quantitative estimate of drug-likeness (QED) is 0.657. The number of fused-ring (bicyclic) bond motifs is 1. The van der Waals surface area contributed by atoms with Crippen LogP contribution in [0.5, 0.6) is 0 Å². The van der Waals surface area contributed by atoms with E-state index in [1.54, 1.807) is 30.3 Å². The molecule has 1 aliphatic carbocycles. The van der Waals surface area contributed by atoms with Crippen molar-refractivity contribution in [3.05, 3.63) is 48.0 Å². The zero-order valence-corrected chi connectivity index (χ0v) is 11.2. The molecule has 3 rings (SSSR count). The van der Waals surface area contributed by atoms with Crippen LogP contribution in [0.3, 0.4) is 0 Å². The summed E-state index contributed by atoms with van der Waals surface area (Å²) < 4.78 is 0. The van der Waals surface area contributed by atoms with Crippen molar-refractivity contribution < 1.29 is 14.7 Å². The van der Waals surface area contributed by atoms with Crippen LogP contribution in [0.2, 0.25) is 0 Å². The Hall–Kier alpha value is -1.94. The van der Waals surface area contributed by atoms with Crippen LogP contribution in [-0.2, 0) is 0 Å². The van der Waals surface area contributed by atoms with Crippen molar-refractivity contribution >= 4 is 11.8 Å². The lowest BCUT2D eigenvalue weighted by Gasteiger charge is -2.32. The minimum absolute atomic E-state index is 0.0887. The van der Waals surface area contributed by atoms with Crippen LogP contribution < -0.4 is 0 Å². The van der Waals surface area contributed by atoms with Crippen LogP contribution in [0, 0.1) is 11.3 Å². The van der Waals surface area contributed by atoms with Gasteiger partial charge < -0.3 is 5.11 Å². The van der Waals surface area contributed by atoms with Gasteiger partial charge in [-0.1, -0.05) is 18.2 Å². The molecule has 4 heteroatoms. The van der Waals surface area contributed by atoms with E-state index >= 15 is 0 Å². The third-order valence-electron chi connectivity index (χ3n) is 4.42. The zero-order valence-electron chi connectivity index (χ0n) is 11.2. The Morgan fingerprint density at radius 3 is 2.20 bits per heavy atom. The highest BCUT2D eigenvalue weighted by atomic mass is 16.3. The van der Waals surface area contributed by atoms with Gasteiger partial charge in [0.2, 0.25) is 0 Å². The van der Waals surface area contributed by atoms with Gasteiger partial charge in [0.15, 0.2) is 0 Å². The summed E-state index contributed by atoms with van der Waals surface area (Å²) in [5, 5.41) is 9.72. The number of aliphatic hydroxyl groups is 1. The lowest BCUT2D eigenvalue weighted by atomic mass is 9.83. The summed E-state index contributed by atoms with van der Waals surface area (Å²) in [4.78, 5) is 25.9. The molecule has 1 unspecified atom stereocenters. The second kappa shape index (κ2) is 4.56. The number of hydrogen-bond donors (Lipinski definition) is 1. The Bertz CT molecular complexity index is 556. The largest absolute Gasteiger partial charge is 0.395 e. The zero-order chi connectivity index (χ0) is 14.3. The smallest absolute Gasteiger partial charge is 0.261 e. The van der Waals surface area contributed by atoms with Gasteiger partial charge in [-0.15, -0.1) is 6.58 Å². The van der Waals surface area contributed by atoms with Crippen molar-refractivity contribution in [2.45, 2.75) is 12.8 Å². The third kappa shape index (κ3) is 1.79. The molecule has 0 bridgehead atoms. The lowest BCUT2D eigenvalue weighted by Crippen LogP contribution is -2.43. The number of rotatable bonds is 5. The van der Waals surface area contributed by atoms with Crippen LogP contribution in [0.25, 0.3) is 0 Å². The standard InChI is InChI=1S/C16H17NO3/c1-2-16(10-18,11-7-8-11)9-17-14(19)12-5-3-4-6-13(12)15(17)20/h2-6,11,18H,1,7-10H2. The second-order valence-electron chi connectivity index (χ2n) is 5.61. The normalized spacial score (nSPS) is 20.8. The van der Waals surface area contributed by atoms with Crippen LogP contribution >= 0.6 is 0 Å². The van der Waals surface area contributed by atoms with Gasteiger partial charge in [-0.05, 0) is 30.9 Å². The molecule has 0 radical (unpaired) electrons. The van der Waals surface area contributed by atoms with E-state index in [0.29, 0.717) is 17.0 Å². The van der Waals surface area contributed by atoms with Gasteiger partial charge in [-0.25, -0.2) is 0 Å². The molecule has 104 valence electrons. The van der Waals surface area contributed by atoms with E-state index in [9.17, 15) is 14.7 Å². The first-order valence-corrected chi connectivity index (χ1v) is 6.82. The molecule has 1 fully saturated rings. The van der Waals surface area contributed by atoms with E-state index in [-0.39, 0.29) is 25.0 Å². The Morgan fingerprint density at radius 1 is 1.25 bits per heavy atom. The first-order valence-electron chi connectivity index (χ1n) is 6.82. The van der Waals surface area contributed by atoms with Gasteiger partial charge in [0, 0.05) is 12.0 Å². The average Bonchev–Trinajstić information content (AvgIpc) is 3.30. The maximum Gasteiger partial charge on any atom is 0.261 e. The number of aliphatic hydroxyl groups excluding tert-OH is 1. The molecule has 4 nitrogen and oxygen atoms in total. The SMILES string of the molecule is C=CC(CO)(CN1C(=O)c2ccccc2C1=O)C1CC1. The molecule has 2 amide bonds. The molecule has 0 saturated heterocycles. The fraction of sp³-hybridized carbons (Fsp3) is 0.375. The van der Waals surface area contributed by atoms with Gasteiger partial charge in [0.05, 0.1) is 17.7 Å². The summed E-state index contributed by atoms with van der Waals surface area (Å²) in [5.74, 6) is -0.230. The molecule has 1 N–H and O–H groups in total. The molecule has 2 aliphatic rings. The first kappa shape index (κ1) is 13.1. The molecule has 0 spiro atoms. The molecule has 0 aromatic heterocycles. The van der Waals surface area contributed by atoms with Gasteiger partial charge in [-0.2, -0.15) is 0 Å². The number of carbonyl (C=O) groups excluding carboxylic acids is 2.